The summed E-state index contributed by atoms with van der Waals surface area (Å²) >= 11 is 6.04. The molecule has 0 aromatic heterocycles. The number of carbonyl (C=O) groups is 1. The highest BCUT2D eigenvalue weighted by Gasteiger charge is 2.17. The van der Waals surface area contributed by atoms with Crippen LogP contribution in [0.1, 0.15) is 31.4 Å². The molecule has 0 bridgehead atoms. The van der Waals surface area contributed by atoms with E-state index >= 15 is 0 Å². The van der Waals surface area contributed by atoms with Crippen LogP contribution in [0.2, 0.25) is 5.02 Å². The zero-order valence-corrected chi connectivity index (χ0v) is 11.1. The Kier molecular flexibility index (Phi) is 5.44. The van der Waals surface area contributed by atoms with Gasteiger partial charge in [0.25, 0.3) is 0 Å². The van der Waals surface area contributed by atoms with E-state index in [4.69, 9.17) is 21.4 Å². The molecule has 1 rings (SSSR count). The number of aliphatic hydroxyl groups is 1. The van der Waals surface area contributed by atoms with Crippen LogP contribution in [0.15, 0.2) is 18.2 Å². The van der Waals surface area contributed by atoms with Crippen molar-refractivity contribution in [2.24, 2.45) is 5.92 Å². The molecule has 0 aliphatic rings. The predicted octanol–water partition coefficient (Wildman–Crippen LogP) is 2.88. The normalized spacial score (nSPS) is 14.0. The highest BCUT2D eigenvalue weighted by molar-refractivity contribution is 6.31. The number of aliphatic carboxylic acids is 1. The molecule has 2 atom stereocenters. The van der Waals surface area contributed by atoms with Crippen LogP contribution in [0.4, 0.5) is 0 Å². The van der Waals surface area contributed by atoms with Crippen LogP contribution in [-0.2, 0) is 4.79 Å². The van der Waals surface area contributed by atoms with Gasteiger partial charge in [-0.2, -0.15) is 0 Å². The number of aliphatic hydroxyl groups excluding tert-OH is 1. The second-order valence-corrected chi connectivity index (χ2v) is 4.75. The monoisotopic (exact) mass is 272 g/mol. The third-order valence-corrected chi connectivity index (χ3v) is 3.04. The number of ether oxygens (including phenoxy) is 1. The van der Waals surface area contributed by atoms with Gasteiger partial charge in [0, 0.05) is 6.42 Å². The lowest BCUT2D eigenvalue weighted by Crippen LogP contribution is -2.09. The Bertz CT molecular complexity index is 419. The predicted molar refractivity (Wildman–Crippen MR) is 69.0 cm³/mol. The Hall–Kier alpha value is -1.26. The minimum absolute atomic E-state index is 0.0326. The maximum absolute atomic E-state index is 10.6. The van der Waals surface area contributed by atoms with E-state index in [1.54, 1.807) is 25.1 Å². The SMILES string of the molecule is COc1ccc(C(O)CC(C)CC(=O)O)c(Cl)c1. The fraction of sp³-hybridized carbons (Fsp3) is 0.462. The quantitative estimate of drug-likeness (QED) is 0.836. The maximum Gasteiger partial charge on any atom is 0.303 e. The van der Waals surface area contributed by atoms with E-state index in [1.165, 1.54) is 7.11 Å². The van der Waals surface area contributed by atoms with Crippen LogP contribution >= 0.6 is 11.6 Å². The molecule has 0 spiro atoms. The smallest absolute Gasteiger partial charge is 0.303 e. The van der Waals surface area contributed by atoms with Crippen molar-refractivity contribution < 1.29 is 19.7 Å². The molecule has 0 aliphatic carbocycles. The molecule has 0 amide bonds. The molecule has 4 nitrogen and oxygen atoms in total. The number of methoxy groups -OCH3 is 1. The Morgan fingerprint density at radius 1 is 1.50 bits per heavy atom. The van der Waals surface area contributed by atoms with Gasteiger partial charge in [0.2, 0.25) is 0 Å². The lowest BCUT2D eigenvalue weighted by atomic mass is 9.96. The van der Waals surface area contributed by atoms with E-state index in [2.05, 4.69) is 0 Å². The van der Waals surface area contributed by atoms with Gasteiger partial charge in [0.1, 0.15) is 5.75 Å². The van der Waals surface area contributed by atoms with Crippen molar-refractivity contribution in [3.05, 3.63) is 28.8 Å². The first-order chi connectivity index (χ1) is 8.43. The molecule has 0 radical (unpaired) electrons. The van der Waals surface area contributed by atoms with E-state index < -0.39 is 12.1 Å². The lowest BCUT2D eigenvalue weighted by Gasteiger charge is -2.17. The van der Waals surface area contributed by atoms with Gasteiger partial charge < -0.3 is 14.9 Å². The summed E-state index contributed by atoms with van der Waals surface area (Å²) in [4.78, 5) is 10.6. The molecule has 0 heterocycles. The van der Waals surface area contributed by atoms with Gasteiger partial charge in [-0.25, -0.2) is 0 Å². The van der Waals surface area contributed by atoms with Gasteiger partial charge in [0.05, 0.1) is 18.2 Å². The average Bonchev–Trinajstić information content (AvgIpc) is 2.27. The van der Waals surface area contributed by atoms with Crippen LogP contribution < -0.4 is 4.74 Å². The van der Waals surface area contributed by atoms with Gasteiger partial charge in [-0.15, -0.1) is 0 Å². The Morgan fingerprint density at radius 2 is 2.17 bits per heavy atom. The zero-order chi connectivity index (χ0) is 13.7. The third-order valence-electron chi connectivity index (χ3n) is 2.72. The number of benzene rings is 1. The third kappa shape index (κ3) is 4.20. The van der Waals surface area contributed by atoms with Gasteiger partial charge >= 0.3 is 5.97 Å². The van der Waals surface area contributed by atoms with E-state index in [0.29, 0.717) is 22.8 Å². The molecule has 0 fully saturated rings. The van der Waals surface area contributed by atoms with Crippen LogP contribution in [-0.4, -0.2) is 23.3 Å². The lowest BCUT2D eigenvalue weighted by molar-refractivity contribution is -0.138. The summed E-state index contributed by atoms with van der Waals surface area (Å²) in [7, 11) is 1.54. The van der Waals surface area contributed by atoms with E-state index in [1.807, 2.05) is 0 Å². The van der Waals surface area contributed by atoms with Crippen molar-refractivity contribution in [2.75, 3.05) is 7.11 Å². The standard InChI is InChI=1S/C13H17ClO4/c1-8(6-13(16)17)5-12(15)10-4-3-9(18-2)7-11(10)14/h3-4,7-8,12,15H,5-6H2,1-2H3,(H,16,17). The molecule has 100 valence electrons. The van der Waals surface area contributed by atoms with Gasteiger partial charge in [-0.3, -0.25) is 4.79 Å². The number of halogens is 1. The summed E-state index contributed by atoms with van der Waals surface area (Å²) in [6.45, 7) is 1.79. The van der Waals surface area contributed by atoms with E-state index in [9.17, 15) is 9.90 Å². The number of carboxylic acid groups (broad SMARTS) is 1. The summed E-state index contributed by atoms with van der Waals surface area (Å²) < 4.78 is 5.02. The topological polar surface area (TPSA) is 66.8 Å². The van der Waals surface area contributed by atoms with Gasteiger partial charge in [-0.05, 0) is 30.0 Å². The fourth-order valence-corrected chi connectivity index (χ4v) is 2.09. The van der Waals surface area contributed by atoms with Gasteiger partial charge in [-0.1, -0.05) is 24.6 Å². The number of hydrogen-bond donors (Lipinski definition) is 2. The number of hydrogen-bond acceptors (Lipinski definition) is 3. The van der Waals surface area contributed by atoms with Crippen molar-refractivity contribution in [2.45, 2.75) is 25.9 Å². The highest BCUT2D eigenvalue weighted by Crippen LogP contribution is 2.31. The molecular formula is C13H17ClO4. The average molecular weight is 273 g/mol. The summed E-state index contributed by atoms with van der Waals surface area (Å²) in [6, 6.07) is 5.04. The van der Waals surface area contributed by atoms with Crippen LogP contribution in [0.5, 0.6) is 5.75 Å². The highest BCUT2D eigenvalue weighted by atomic mass is 35.5. The minimum atomic E-state index is -0.865. The largest absolute Gasteiger partial charge is 0.497 e. The Balaban J connectivity index is 2.72. The van der Waals surface area contributed by atoms with Crippen LogP contribution in [0.3, 0.4) is 0 Å². The summed E-state index contributed by atoms with van der Waals surface area (Å²) in [6.07, 6.45) is -0.374. The molecule has 5 heteroatoms. The Labute approximate surface area is 111 Å². The summed E-state index contributed by atoms with van der Waals surface area (Å²) in [5.74, 6) is -0.360. The van der Waals surface area contributed by atoms with Crippen molar-refractivity contribution in [1.82, 2.24) is 0 Å². The maximum atomic E-state index is 10.6. The molecule has 18 heavy (non-hydrogen) atoms. The molecule has 2 unspecified atom stereocenters. The summed E-state index contributed by atoms with van der Waals surface area (Å²) in [5, 5.41) is 19.1. The van der Waals surface area contributed by atoms with Crippen molar-refractivity contribution in [3.63, 3.8) is 0 Å². The molecule has 2 N–H and O–H groups in total. The van der Waals surface area contributed by atoms with Crippen LogP contribution in [0, 0.1) is 5.92 Å². The first kappa shape index (κ1) is 14.8. The Morgan fingerprint density at radius 3 is 2.67 bits per heavy atom. The van der Waals surface area contributed by atoms with E-state index in [0.717, 1.165) is 0 Å². The van der Waals surface area contributed by atoms with E-state index in [-0.39, 0.29) is 12.3 Å². The first-order valence-corrected chi connectivity index (χ1v) is 6.05. The fourth-order valence-electron chi connectivity index (χ4n) is 1.79. The zero-order valence-electron chi connectivity index (χ0n) is 10.4. The number of rotatable bonds is 6. The first-order valence-electron chi connectivity index (χ1n) is 5.67. The van der Waals surface area contributed by atoms with Crippen molar-refractivity contribution in [1.29, 1.82) is 0 Å². The van der Waals surface area contributed by atoms with Crippen LogP contribution in [0.25, 0.3) is 0 Å². The number of carboxylic acids is 1. The molecule has 0 saturated carbocycles. The van der Waals surface area contributed by atoms with Crippen molar-refractivity contribution in [3.8, 4) is 5.75 Å². The molecule has 1 aromatic carbocycles. The minimum Gasteiger partial charge on any atom is -0.497 e. The van der Waals surface area contributed by atoms with Gasteiger partial charge in [0.15, 0.2) is 0 Å². The molecule has 0 saturated heterocycles. The molecule has 0 aliphatic heterocycles. The molecule has 1 aromatic rings. The second kappa shape index (κ2) is 6.61. The second-order valence-electron chi connectivity index (χ2n) is 4.34. The summed E-state index contributed by atoms with van der Waals surface area (Å²) in [5.41, 5.74) is 0.592. The molecular weight excluding hydrogens is 256 g/mol. The van der Waals surface area contributed by atoms with Crippen molar-refractivity contribution >= 4 is 17.6 Å².